The van der Waals surface area contributed by atoms with Crippen LogP contribution in [-0.2, 0) is 9.59 Å². The van der Waals surface area contributed by atoms with Gasteiger partial charge in [-0.05, 0) is 24.3 Å². The molecule has 98 valence electrons. The molecule has 1 aromatic carbocycles. The van der Waals surface area contributed by atoms with Gasteiger partial charge in [0.15, 0.2) is 0 Å². The van der Waals surface area contributed by atoms with Crippen LogP contribution in [-0.4, -0.2) is 22.7 Å². The summed E-state index contributed by atoms with van der Waals surface area (Å²) in [6.07, 6.45) is 1.72. The van der Waals surface area contributed by atoms with E-state index in [1.165, 1.54) is 6.07 Å². The first-order valence-electron chi connectivity index (χ1n) is 5.69. The number of aromatic amines is 1. The van der Waals surface area contributed by atoms with Crippen LogP contribution in [0.15, 0.2) is 40.4 Å². The summed E-state index contributed by atoms with van der Waals surface area (Å²) in [5.74, 6) is -2.71. The molecule has 0 atom stereocenters. The number of nitrogens with zero attached hydrogens (tertiary/aromatic N) is 2. The Hall–Kier alpha value is -3.09. The van der Waals surface area contributed by atoms with E-state index in [1.54, 1.807) is 24.4 Å². The van der Waals surface area contributed by atoms with E-state index >= 15 is 0 Å². The van der Waals surface area contributed by atoms with Crippen molar-refractivity contribution in [3.63, 3.8) is 0 Å². The highest BCUT2D eigenvalue weighted by Gasteiger charge is 2.19. The van der Waals surface area contributed by atoms with Gasteiger partial charge in [-0.3, -0.25) is 14.4 Å². The Morgan fingerprint density at radius 3 is 2.55 bits per heavy atom. The van der Waals surface area contributed by atoms with E-state index in [0.29, 0.717) is 5.56 Å². The maximum Gasteiger partial charge on any atom is 0.338 e. The fourth-order valence-corrected chi connectivity index (χ4v) is 1.98. The highest BCUT2D eigenvalue weighted by molar-refractivity contribution is 6.36. The van der Waals surface area contributed by atoms with Gasteiger partial charge < -0.3 is 10.7 Å². The third kappa shape index (κ3) is 1.81. The standard InChI is InChI=1S/C13H8N4O3/c14-11(18)7-4-6(8-2-1-3-15-8)5-9-10(7)17-13(20)12(19)16-9/h1-5,15H,(H2,14,18). The monoisotopic (exact) mass is 268 g/mol. The number of amides is 3. The van der Waals surface area contributed by atoms with Crippen molar-refractivity contribution in [3.05, 3.63) is 46.7 Å². The fraction of sp³-hybridized carbons (Fsp3) is 0. The van der Waals surface area contributed by atoms with Crippen molar-refractivity contribution in [2.45, 2.75) is 0 Å². The topological polar surface area (TPSA) is 118 Å². The molecule has 0 radical (unpaired) electrons. The lowest BCUT2D eigenvalue weighted by Crippen LogP contribution is -2.40. The van der Waals surface area contributed by atoms with Gasteiger partial charge in [-0.1, -0.05) is 0 Å². The average Bonchev–Trinajstić information content (AvgIpc) is 2.92. The number of hydrogen-bond donors (Lipinski definition) is 2. The van der Waals surface area contributed by atoms with Crippen molar-refractivity contribution >= 4 is 17.7 Å². The number of hydrogen-bond acceptors (Lipinski definition) is 3. The van der Waals surface area contributed by atoms with Crippen LogP contribution in [0.3, 0.4) is 0 Å². The van der Waals surface area contributed by atoms with E-state index in [1.807, 2.05) is 0 Å². The summed E-state index contributed by atoms with van der Waals surface area (Å²) in [6, 6.07) is 6.66. The number of fused-ring (bicyclic) bond motifs is 1. The van der Waals surface area contributed by atoms with Crippen LogP contribution in [0.1, 0.15) is 10.4 Å². The van der Waals surface area contributed by atoms with E-state index < -0.39 is 17.7 Å². The molecular weight excluding hydrogens is 260 g/mol. The molecule has 7 heteroatoms. The zero-order valence-electron chi connectivity index (χ0n) is 10.1. The van der Waals surface area contributed by atoms with E-state index in [-0.39, 0.29) is 16.3 Å². The van der Waals surface area contributed by atoms with Gasteiger partial charge >= 0.3 is 11.8 Å². The average molecular weight is 268 g/mol. The SMILES string of the molecule is NC(=O)c1cc(-c2ccc[nH]2)cc2c1=NC(=O)C(=O)N=2. The summed E-state index contributed by atoms with van der Waals surface area (Å²) in [6.45, 7) is 0. The molecule has 20 heavy (non-hydrogen) atoms. The normalized spacial score (nSPS) is 13.4. The Morgan fingerprint density at radius 1 is 1.15 bits per heavy atom. The molecule has 0 spiro atoms. The van der Waals surface area contributed by atoms with Crippen LogP contribution in [0.25, 0.3) is 11.3 Å². The van der Waals surface area contributed by atoms with Crippen molar-refractivity contribution in [1.82, 2.24) is 4.98 Å². The second-order valence-corrected chi connectivity index (χ2v) is 4.17. The highest BCUT2D eigenvalue weighted by Crippen LogP contribution is 2.15. The molecule has 0 bridgehead atoms. The first-order valence-corrected chi connectivity index (χ1v) is 5.69. The highest BCUT2D eigenvalue weighted by atomic mass is 16.2. The lowest BCUT2D eigenvalue weighted by molar-refractivity contribution is -0.135. The Kier molecular flexibility index (Phi) is 2.53. The largest absolute Gasteiger partial charge is 0.366 e. The summed E-state index contributed by atoms with van der Waals surface area (Å²) >= 11 is 0. The number of aromatic nitrogens is 1. The fourth-order valence-electron chi connectivity index (χ4n) is 1.98. The summed E-state index contributed by atoms with van der Waals surface area (Å²) in [4.78, 5) is 44.3. The Labute approximate surface area is 111 Å². The maximum absolute atomic E-state index is 11.5. The molecule has 1 aliphatic rings. The van der Waals surface area contributed by atoms with Crippen molar-refractivity contribution in [3.8, 4) is 11.3 Å². The Balaban J connectivity index is 2.39. The number of carbonyl (C=O) groups is 3. The quantitative estimate of drug-likeness (QED) is 0.686. The number of rotatable bonds is 2. The van der Waals surface area contributed by atoms with Crippen LogP contribution in [0.4, 0.5) is 0 Å². The van der Waals surface area contributed by atoms with Crippen LogP contribution in [0.2, 0.25) is 0 Å². The van der Waals surface area contributed by atoms with Gasteiger partial charge in [0.2, 0.25) is 0 Å². The first kappa shape index (κ1) is 12.0. The number of nitrogens with two attached hydrogens (primary N) is 1. The number of H-pyrrole nitrogens is 1. The predicted octanol–water partition coefficient (Wildman–Crippen LogP) is -0.913. The Morgan fingerprint density at radius 2 is 1.90 bits per heavy atom. The minimum Gasteiger partial charge on any atom is -0.366 e. The van der Waals surface area contributed by atoms with E-state index in [2.05, 4.69) is 15.0 Å². The molecule has 3 amide bonds. The number of benzene rings is 1. The molecule has 1 aliphatic heterocycles. The number of primary amides is 1. The summed E-state index contributed by atoms with van der Waals surface area (Å²) in [5, 5.41) is 0.202. The van der Waals surface area contributed by atoms with Gasteiger partial charge in [0.1, 0.15) is 5.36 Å². The van der Waals surface area contributed by atoms with E-state index in [9.17, 15) is 14.4 Å². The molecule has 3 N–H and O–H groups in total. The Bertz CT molecular complexity index is 866. The van der Waals surface area contributed by atoms with Crippen molar-refractivity contribution in [1.29, 1.82) is 0 Å². The maximum atomic E-state index is 11.5. The van der Waals surface area contributed by atoms with Crippen LogP contribution in [0, 0.1) is 0 Å². The molecule has 0 fully saturated rings. The van der Waals surface area contributed by atoms with Gasteiger partial charge in [-0.2, -0.15) is 0 Å². The molecule has 3 rings (SSSR count). The van der Waals surface area contributed by atoms with E-state index in [0.717, 1.165) is 5.69 Å². The predicted molar refractivity (Wildman–Crippen MR) is 67.1 cm³/mol. The molecule has 2 heterocycles. The number of nitrogens with one attached hydrogen (secondary N) is 1. The first-order chi connectivity index (χ1) is 9.56. The summed E-state index contributed by atoms with van der Waals surface area (Å²) < 4.78 is 0. The minimum absolute atomic E-state index is 0.0393. The smallest absolute Gasteiger partial charge is 0.338 e. The molecule has 1 aromatic heterocycles. The lowest BCUT2D eigenvalue weighted by Gasteiger charge is -2.05. The van der Waals surface area contributed by atoms with Gasteiger partial charge in [0, 0.05) is 17.5 Å². The minimum atomic E-state index is -1.01. The van der Waals surface area contributed by atoms with Crippen molar-refractivity contribution < 1.29 is 14.4 Å². The second kappa shape index (κ2) is 4.23. The van der Waals surface area contributed by atoms with Gasteiger partial charge in [0.05, 0.1) is 10.9 Å². The van der Waals surface area contributed by atoms with Crippen molar-refractivity contribution in [2.24, 2.45) is 15.7 Å². The molecule has 7 nitrogen and oxygen atoms in total. The third-order valence-corrected chi connectivity index (χ3v) is 2.88. The molecule has 0 unspecified atom stereocenters. The molecule has 2 aromatic rings. The summed E-state index contributed by atoms with van der Waals surface area (Å²) in [7, 11) is 0. The van der Waals surface area contributed by atoms with Gasteiger partial charge in [-0.15, -0.1) is 0 Å². The number of carbonyl (C=O) groups excluding carboxylic acids is 3. The van der Waals surface area contributed by atoms with Crippen LogP contribution < -0.4 is 16.4 Å². The zero-order valence-corrected chi connectivity index (χ0v) is 10.1. The van der Waals surface area contributed by atoms with E-state index in [4.69, 9.17) is 5.73 Å². The third-order valence-electron chi connectivity index (χ3n) is 2.88. The van der Waals surface area contributed by atoms with Crippen LogP contribution in [0.5, 0.6) is 0 Å². The van der Waals surface area contributed by atoms with Gasteiger partial charge in [-0.25, -0.2) is 9.98 Å². The molecule has 0 saturated heterocycles. The molecule has 0 aliphatic carbocycles. The zero-order chi connectivity index (χ0) is 14.3. The lowest BCUT2D eigenvalue weighted by atomic mass is 10.1. The van der Waals surface area contributed by atoms with Gasteiger partial charge in [0.25, 0.3) is 5.91 Å². The summed E-state index contributed by atoms with van der Waals surface area (Å²) in [5.41, 5.74) is 6.71. The molecule has 0 saturated carbocycles. The molecular formula is C13H8N4O3. The second-order valence-electron chi connectivity index (χ2n) is 4.17. The van der Waals surface area contributed by atoms with Crippen LogP contribution >= 0.6 is 0 Å². The van der Waals surface area contributed by atoms with Crippen molar-refractivity contribution in [2.75, 3.05) is 0 Å².